The van der Waals surface area contributed by atoms with Crippen LogP contribution in [-0.4, -0.2) is 35.8 Å². The van der Waals surface area contributed by atoms with Gasteiger partial charge in [0.05, 0.1) is 12.7 Å². The Morgan fingerprint density at radius 1 is 1.47 bits per heavy atom. The van der Waals surface area contributed by atoms with Crippen LogP contribution in [-0.2, 0) is 11.2 Å². The average molecular weight is 265 g/mol. The molecule has 1 unspecified atom stereocenters. The van der Waals surface area contributed by atoms with Gasteiger partial charge in [-0.2, -0.15) is 0 Å². The number of hydrogen-bond acceptors (Lipinski definition) is 6. The lowest BCUT2D eigenvalue weighted by Gasteiger charge is -2.33. The lowest BCUT2D eigenvalue weighted by atomic mass is 10.2. The van der Waals surface area contributed by atoms with E-state index in [4.69, 9.17) is 10.6 Å². The summed E-state index contributed by atoms with van der Waals surface area (Å²) in [7, 11) is 0. The summed E-state index contributed by atoms with van der Waals surface area (Å²) in [6.07, 6.45) is 3.19. The predicted octanol–water partition coefficient (Wildman–Crippen LogP) is 1.33. The van der Waals surface area contributed by atoms with E-state index >= 15 is 0 Å². The predicted molar refractivity (Wildman–Crippen MR) is 76.1 cm³/mol. The zero-order chi connectivity index (χ0) is 13.7. The molecule has 1 atom stereocenters. The van der Waals surface area contributed by atoms with Crippen LogP contribution in [0.1, 0.15) is 32.5 Å². The van der Waals surface area contributed by atoms with Crippen LogP contribution in [0.2, 0.25) is 0 Å². The lowest BCUT2D eigenvalue weighted by Crippen LogP contribution is -2.42. The van der Waals surface area contributed by atoms with Crippen molar-refractivity contribution in [2.24, 2.45) is 5.84 Å². The van der Waals surface area contributed by atoms with Gasteiger partial charge in [-0.05, 0) is 12.8 Å². The van der Waals surface area contributed by atoms with Crippen LogP contribution in [0.25, 0.3) is 0 Å². The Labute approximate surface area is 114 Å². The maximum absolute atomic E-state index is 5.69. The number of nitrogens with one attached hydrogen (secondary N) is 1. The molecule has 1 aromatic heterocycles. The number of nitrogens with two attached hydrogens (primary N) is 1. The highest BCUT2D eigenvalue weighted by Gasteiger charge is 2.21. The second-order valence-corrected chi connectivity index (χ2v) is 4.77. The molecule has 0 bridgehead atoms. The number of ether oxygens (including phenoxy) is 1. The molecule has 19 heavy (non-hydrogen) atoms. The Morgan fingerprint density at radius 3 is 3.00 bits per heavy atom. The van der Waals surface area contributed by atoms with Gasteiger partial charge in [0.15, 0.2) is 0 Å². The molecule has 1 saturated heterocycles. The van der Waals surface area contributed by atoms with E-state index in [0.717, 1.165) is 50.6 Å². The van der Waals surface area contributed by atoms with Crippen molar-refractivity contribution in [3.8, 4) is 0 Å². The third-order valence-electron chi connectivity index (χ3n) is 3.30. The summed E-state index contributed by atoms with van der Waals surface area (Å²) in [5, 5.41) is 0. The summed E-state index contributed by atoms with van der Waals surface area (Å²) in [5.41, 5.74) is 2.62. The minimum atomic E-state index is 0.285. The molecule has 1 fully saturated rings. The molecule has 0 saturated carbocycles. The molecule has 0 spiro atoms. The van der Waals surface area contributed by atoms with Gasteiger partial charge in [-0.3, -0.25) is 0 Å². The monoisotopic (exact) mass is 265 g/mol. The zero-order valence-electron chi connectivity index (χ0n) is 11.7. The van der Waals surface area contributed by atoms with Gasteiger partial charge in [0.1, 0.15) is 17.5 Å². The van der Waals surface area contributed by atoms with Gasteiger partial charge >= 0.3 is 0 Å². The van der Waals surface area contributed by atoms with E-state index in [-0.39, 0.29) is 6.10 Å². The van der Waals surface area contributed by atoms with Crippen LogP contribution < -0.4 is 16.2 Å². The highest BCUT2D eigenvalue weighted by molar-refractivity contribution is 5.49. The van der Waals surface area contributed by atoms with Gasteiger partial charge in [0.2, 0.25) is 0 Å². The van der Waals surface area contributed by atoms with Crippen molar-refractivity contribution in [2.45, 2.75) is 39.2 Å². The van der Waals surface area contributed by atoms with Crippen molar-refractivity contribution >= 4 is 11.6 Å². The Bertz CT molecular complexity index is 412. The molecule has 1 aliphatic rings. The Kier molecular flexibility index (Phi) is 4.93. The molecule has 6 nitrogen and oxygen atoms in total. The summed E-state index contributed by atoms with van der Waals surface area (Å²) in [6.45, 7) is 6.75. The van der Waals surface area contributed by atoms with Crippen molar-refractivity contribution in [1.29, 1.82) is 0 Å². The highest BCUT2D eigenvalue weighted by atomic mass is 16.5. The van der Waals surface area contributed by atoms with Gasteiger partial charge < -0.3 is 15.1 Å². The molecule has 0 radical (unpaired) electrons. The Morgan fingerprint density at radius 2 is 2.32 bits per heavy atom. The number of nitrogen functional groups attached to an aromatic ring is 1. The molecule has 0 aliphatic carbocycles. The largest absolute Gasteiger partial charge is 0.375 e. The van der Waals surface area contributed by atoms with Crippen LogP contribution in [0.15, 0.2) is 6.07 Å². The number of anilines is 2. The molecular weight excluding hydrogens is 242 g/mol. The molecule has 2 rings (SSSR count). The molecule has 0 amide bonds. The average Bonchev–Trinajstić information content (AvgIpc) is 2.47. The standard InChI is InChI=1S/C13H23N5O/c1-3-5-11-15-12(17-14)8-13(16-11)18-6-7-19-10(4-2)9-18/h8,10H,3-7,9,14H2,1-2H3,(H,15,16,17). The summed E-state index contributed by atoms with van der Waals surface area (Å²) < 4.78 is 5.69. The molecule has 1 aliphatic heterocycles. The van der Waals surface area contributed by atoms with Crippen molar-refractivity contribution in [3.05, 3.63) is 11.9 Å². The number of aryl methyl sites for hydroxylation is 1. The topological polar surface area (TPSA) is 76.3 Å². The van der Waals surface area contributed by atoms with E-state index in [1.807, 2.05) is 6.07 Å². The fraction of sp³-hybridized carbons (Fsp3) is 0.692. The number of rotatable bonds is 5. The van der Waals surface area contributed by atoms with E-state index in [2.05, 4.69) is 34.1 Å². The van der Waals surface area contributed by atoms with Crippen molar-refractivity contribution in [3.63, 3.8) is 0 Å². The normalized spacial score (nSPS) is 19.5. The first-order valence-corrected chi connectivity index (χ1v) is 6.98. The van der Waals surface area contributed by atoms with Gasteiger partial charge in [0, 0.05) is 25.6 Å². The number of morpholine rings is 1. The van der Waals surface area contributed by atoms with Crippen LogP contribution in [0, 0.1) is 0 Å². The van der Waals surface area contributed by atoms with E-state index < -0.39 is 0 Å². The first-order chi connectivity index (χ1) is 9.26. The number of hydrazine groups is 1. The van der Waals surface area contributed by atoms with Crippen molar-refractivity contribution in [2.75, 3.05) is 30.0 Å². The van der Waals surface area contributed by atoms with Gasteiger partial charge in [-0.1, -0.05) is 13.8 Å². The first kappa shape index (κ1) is 14.0. The Hall–Kier alpha value is -1.40. The summed E-state index contributed by atoms with van der Waals surface area (Å²) in [4.78, 5) is 11.2. The van der Waals surface area contributed by atoms with E-state index in [0.29, 0.717) is 5.82 Å². The van der Waals surface area contributed by atoms with E-state index in [1.165, 1.54) is 0 Å². The van der Waals surface area contributed by atoms with E-state index in [1.54, 1.807) is 0 Å². The van der Waals surface area contributed by atoms with Crippen molar-refractivity contribution < 1.29 is 4.74 Å². The molecule has 6 heteroatoms. The molecule has 0 aromatic carbocycles. The number of hydrogen-bond donors (Lipinski definition) is 2. The smallest absolute Gasteiger partial charge is 0.145 e. The van der Waals surface area contributed by atoms with Gasteiger partial charge in [-0.25, -0.2) is 15.8 Å². The summed E-state index contributed by atoms with van der Waals surface area (Å²) in [5.74, 6) is 7.94. The third kappa shape index (κ3) is 3.54. The van der Waals surface area contributed by atoms with Gasteiger partial charge in [0.25, 0.3) is 0 Å². The lowest BCUT2D eigenvalue weighted by molar-refractivity contribution is 0.0381. The fourth-order valence-electron chi connectivity index (χ4n) is 2.23. The zero-order valence-corrected chi connectivity index (χ0v) is 11.7. The molecule has 1 aromatic rings. The fourth-order valence-corrected chi connectivity index (χ4v) is 2.23. The maximum Gasteiger partial charge on any atom is 0.145 e. The second kappa shape index (κ2) is 6.68. The minimum Gasteiger partial charge on any atom is -0.375 e. The van der Waals surface area contributed by atoms with Crippen molar-refractivity contribution in [1.82, 2.24) is 9.97 Å². The molecule has 106 valence electrons. The van der Waals surface area contributed by atoms with Crippen LogP contribution in [0.5, 0.6) is 0 Å². The van der Waals surface area contributed by atoms with Crippen LogP contribution >= 0.6 is 0 Å². The minimum absolute atomic E-state index is 0.285. The summed E-state index contributed by atoms with van der Waals surface area (Å²) in [6, 6.07) is 1.90. The molecule has 3 N–H and O–H groups in total. The SMILES string of the molecule is CCCc1nc(NN)cc(N2CCOC(CC)C2)n1. The van der Waals surface area contributed by atoms with Crippen LogP contribution in [0.3, 0.4) is 0 Å². The molecular formula is C13H23N5O. The highest BCUT2D eigenvalue weighted by Crippen LogP contribution is 2.19. The quantitative estimate of drug-likeness (QED) is 0.618. The number of aromatic nitrogens is 2. The first-order valence-electron chi connectivity index (χ1n) is 6.98. The van der Waals surface area contributed by atoms with Gasteiger partial charge in [-0.15, -0.1) is 0 Å². The maximum atomic E-state index is 5.69. The third-order valence-corrected chi connectivity index (χ3v) is 3.30. The second-order valence-electron chi connectivity index (χ2n) is 4.77. The summed E-state index contributed by atoms with van der Waals surface area (Å²) >= 11 is 0. The number of nitrogens with zero attached hydrogens (tertiary/aromatic N) is 3. The Balaban J connectivity index is 2.19. The van der Waals surface area contributed by atoms with E-state index in [9.17, 15) is 0 Å². The van der Waals surface area contributed by atoms with Crippen LogP contribution in [0.4, 0.5) is 11.6 Å². The molecule has 2 heterocycles.